The Morgan fingerprint density at radius 1 is 0.958 bits per heavy atom. The summed E-state index contributed by atoms with van der Waals surface area (Å²) >= 11 is 0. The summed E-state index contributed by atoms with van der Waals surface area (Å²) in [7, 11) is 0. The zero-order valence-corrected chi connectivity index (χ0v) is 12.3. The van der Waals surface area contributed by atoms with E-state index in [-0.39, 0.29) is 5.43 Å². The lowest BCUT2D eigenvalue weighted by Gasteiger charge is -2.09. The highest BCUT2D eigenvalue weighted by atomic mass is 19.4. The molecule has 0 saturated heterocycles. The number of halogens is 3. The van der Waals surface area contributed by atoms with Crippen molar-refractivity contribution < 1.29 is 13.2 Å². The largest absolute Gasteiger partial charge is 0.416 e. The maximum atomic E-state index is 12.7. The van der Waals surface area contributed by atoms with Crippen LogP contribution in [0.4, 0.5) is 13.2 Å². The second-order valence-corrected chi connectivity index (χ2v) is 5.50. The van der Waals surface area contributed by atoms with Crippen LogP contribution in [0.1, 0.15) is 5.56 Å². The molecule has 24 heavy (non-hydrogen) atoms. The zero-order chi connectivity index (χ0) is 16.9. The Morgan fingerprint density at radius 3 is 2.38 bits per heavy atom. The number of aromatic nitrogens is 2. The van der Waals surface area contributed by atoms with Gasteiger partial charge < -0.3 is 4.98 Å². The van der Waals surface area contributed by atoms with Gasteiger partial charge in [-0.1, -0.05) is 24.3 Å². The number of pyridine rings is 1. The molecule has 4 aromatic rings. The fourth-order valence-electron chi connectivity index (χ4n) is 2.89. The maximum Gasteiger partial charge on any atom is 0.416 e. The first kappa shape index (κ1) is 14.6. The minimum atomic E-state index is -4.37. The Labute approximate surface area is 134 Å². The molecule has 0 amide bonds. The number of imidazole rings is 1. The predicted octanol–water partition coefficient (Wildman–Crippen LogP) is 4.47. The molecule has 2 aromatic carbocycles. The lowest BCUT2D eigenvalue weighted by atomic mass is 10.1. The van der Waals surface area contributed by atoms with Crippen molar-refractivity contribution in [3.8, 4) is 11.3 Å². The third kappa shape index (κ3) is 2.19. The summed E-state index contributed by atoms with van der Waals surface area (Å²) in [5.41, 5.74) is 1.82. The summed E-state index contributed by atoms with van der Waals surface area (Å²) in [6.07, 6.45) is -2.68. The monoisotopic (exact) mass is 328 g/mol. The quantitative estimate of drug-likeness (QED) is 0.550. The molecule has 2 aromatic heterocycles. The van der Waals surface area contributed by atoms with E-state index in [1.54, 1.807) is 18.3 Å². The first-order valence-corrected chi connectivity index (χ1v) is 7.25. The van der Waals surface area contributed by atoms with Gasteiger partial charge in [-0.25, -0.2) is 0 Å². The minimum absolute atomic E-state index is 0.105. The molecular weight excluding hydrogens is 317 g/mol. The van der Waals surface area contributed by atoms with E-state index in [4.69, 9.17) is 0 Å². The first-order valence-electron chi connectivity index (χ1n) is 7.25. The molecule has 0 unspecified atom stereocenters. The predicted molar refractivity (Wildman–Crippen MR) is 86.0 cm³/mol. The van der Waals surface area contributed by atoms with Crippen LogP contribution in [-0.4, -0.2) is 9.38 Å². The van der Waals surface area contributed by atoms with Crippen LogP contribution >= 0.6 is 0 Å². The van der Waals surface area contributed by atoms with E-state index in [0.717, 1.165) is 12.1 Å². The van der Waals surface area contributed by atoms with Gasteiger partial charge in [-0.05, 0) is 24.3 Å². The second kappa shape index (κ2) is 4.99. The van der Waals surface area contributed by atoms with E-state index in [9.17, 15) is 18.0 Å². The highest BCUT2D eigenvalue weighted by Crippen LogP contribution is 2.31. The van der Waals surface area contributed by atoms with Gasteiger partial charge >= 0.3 is 6.18 Å². The van der Waals surface area contributed by atoms with Crippen LogP contribution in [0.25, 0.3) is 27.8 Å². The Morgan fingerprint density at radius 2 is 1.67 bits per heavy atom. The van der Waals surface area contributed by atoms with Gasteiger partial charge in [0.1, 0.15) is 5.65 Å². The van der Waals surface area contributed by atoms with Gasteiger partial charge in [0, 0.05) is 23.2 Å². The van der Waals surface area contributed by atoms with Crippen molar-refractivity contribution in [2.45, 2.75) is 6.18 Å². The van der Waals surface area contributed by atoms with Gasteiger partial charge in [0.25, 0.3) is 0 Å². The van der Waals surface area contributed by atoms with Gasteiger partial charge in [-0.3, -0.25) is 9.20 Å². The summed E-state index contributed by atoms with van der Waals surface area (Å²) in [5.74, 6) is 0. The molecule has 6 heteroatoms. The lowest BCUT2D eigenvalue weighted by Crippen LogP contribution is -2.05. The van der Waals surface area contributed by atoms with Crippen LogP contribution in [0.5, 0.6) is 0 Å². The average molecular weight is 328 g/mol. The minimum Gasteiger partial charge on any atom is -0.346 e. The number of nitrogens with one attached hydrogen (secondary N) is 1. The molecule has 0 atom stereocenters. The van der Waals surface area contributed by atoms with Gasteiger partial charge in [-0.2, -0.15) is 13.2 Å². The third-order valence-electron chi connectivity index (χ3n) is 4.02. The van der Waals surface area contributed by atoms with Crippen molar-refractivity contribution in [2.24, 2.45) is 0 Å². The number of H-pyrrole nitrogens is 1. The molecule has 0 bridgehead atoms. The maximum absolute atomic E-state index is 12.7. The number of hydrogen-bond acceptors (Lipinski definition) is 1. The number of hydrogen-bond donors (Lipinski definition) is 1. The van der Waals surface area contributed by atoms with Crippen molar-refractivity contribution in [2.75, 3.05) is 0 Å². The molecule has 0 radical (unpaired) electrons. The lowest BCUT2D eigenvalue weighted by molar-refractivity contribution is -0.137. The van der Waals surface area contributed by atoms with Crippen LogP contribution in [0.2, 0.25) is 0 Å². The van der Waals surface area contributed by atoms with Crippen molar-refractivity contribution in [1.82, 2.24) is 9.38 Å². The molecule has 0 aliphatic heterocycles. The number of para-hydroxylation sites is 1. The van der Waals surface area contributed by atoms with E-state index in [2.05, 4.69) is 4.98 Å². The number of nitrogens with zero attached hydrogens (tertiary/aromatic N) is 1. The summed E-state index contributed by atoms with van der Waals surface area (Å²) in [4.78, 5) is 15.1. The molecule has 120 valence electrons. The van der Waals surface area contributed by atoms with Crippen molar-refractivity contribution in [3.05, 3.63) is 76.6 Å². The Hall–Kier alpha value is -3.02. The number of aromatic amines is 1. The molecule has 0 aliphatic carbocycles. The van der Waals surface area contributed by atoms with Crippen LogP contribution in [0, 0.1) is 0 Å². The average Bonchev–Trinajstić information content (AvgIpc) is 2.98. The Bertz CT molecular complexity index is 1110. The molecular formula is C18H11F3N2O. The molecule has 0 fully saturated rings. The van der Waals surface area contributed by atoms with E-state index in [0.29, 0.717) is 27.8 Å². The number of benzene rings is 2. The van der Waals surface area contributed by atoms with E-state index < -0.39 is 11.7 Å². The summed E-state index contributed by atoms with van der Waals surface area (Å²) < 4.78 is 40.0. The fraction of sp³-hybridized carbons (Fsp3) is 0.0556. The molecule has 0 saturated carbocycles. The first-order chi connectivity index (χ1) is 11.4. The number of alkyl halides is 3. The van der Waals surface area contributed by atoms with E-state index in [1.807, 2.05) is 16.5 Å². The van der Waals surface area contributed by atoms with E-state index >= 15 is 0 Å². The standard InChI is InChI=1S/C18H11F3N2O/c19-18(20,21)12-7-5-11(6-8-12)15-10-22-17-9-16(24)13-3-1-2-4-14(13)23(15)17/h1-10,22H. The van der Waals surface area contributed by atoms with Crippen LogP contribution < -0.4 is 5.43 Å². The SMILES string of the molecule is O=c1cc2[nH]cc(-c3ccc(C(F)(F)F)cc3)n2c2ccccc12. The second-order valence-electron chi connectivity index (χ2n) is 5.50. The summed E-state index contributed by atoms with van der Waals surface area (Å²) in [6.45, 7) is 0. The molecule has 1 N–H and O–H groups in total. The smallest absolute Gasteiger partial charge is 0.346 e. The van der Waals surface area contributed by atoms with E-state index in [1.165, 1.54) is 18.2 Å². The molecule has 2 heterocycles. The van der Waals surface area contributed by atoms with Crippen molar-refractivity contribution in [1.29, 1.82) is 0 Å². The van der Waals surface area contributed by atoms with Crippen LogP contribution in [0.3, 0.4) is 0 Å². The number of fused-ring (bicyclic) bond motifs is 3. The molecule has 0 aliphatic rings. The van der Waals surface area contributed by atoms with Crippen LogP contribution in [0.15, 0.2) is 65.6 Å². The molecule has 4 rings (SSSR count). The van der Waals surface area contributed by atoms with Gasteiger partial charge in [-0.15, -0.1) is 0 Å². The molecule has 0 spiro atoms. The Kier molecular flexibility index (Phi) is 3.03. The zero-order valence-electron chi connectivity index (χ0n) is 12.3. The van der Waals surface area contributed by atoms with Crippen molar-refractivity contribution >= 4 is 16.6 Å². The fourth-order valence-corrected chi connectivity index (χ4v) is 2.89. The molecule has 3 nitrogen and oxygen atoms in total. The van der Waals surface area contributed by atoms with Gasteiger partial charge in [0.2, 0.25) is 0 Å². The van der Waals surface area contributed by atoms with Crippen LogP contribution in [-0.2, 0) is 6.18 Å². The summed E-state index contributed by atoms with van der Waals surface area (Å²) in [5, 5.41) is 0.558. The summed E-state index contributed by atoms with van der Waals surface area (Å²) in [6, 6.07) is 13.6. The highest BCUT2D eigenvalue weighted by molar-refractivity contribution is 5.84. The Balaban J connectivity index is 1.98. The topological polar surface area (TPSA) is 37.3 Å². The highest BCUT2D eigenvalue weighted by Gasteiger charge is 2.30. The third-order valence-corrected chi connectivity index (χ3v) is 4.02. The number of rotatable bonds is 1. The normalized spacial score (nSPS) is 12.1. The van der Waals surface area contributed by atoms with Gasteiger partial charge in [0.05, 0.1) is 16.8 Å². The van der Waals surface area contributed by atoms with Crippen molar-refractivity contribution in [3.63, 3.8) is 0 Å². The van der Waals surface area contributed by atoms with Gasteiger partial charge in [0.15, 0.2) is 5.43 Å².